The second-order valence-electron chi connectivity index (χ2n) is 5.63. The molecule has 0 unspecified atom stereocenters. The van der Waals surface area contributed by atoms with E-state index in [9.17, 15) is 0 Å². The SMILES string of the molecule is CCC=CCc1nc2ccc(-c3ccc4nc[nH]c4c3)cc2[nH]1. The molecule has 2 heterocycles. The fourth-order valence-electron chi connectivity index (χ4n) is 2.82. The Morgan fingerprint density at radius 3 is 2.57 bits per heavy atom. The van der Waals surface area contributed by atoms with Crippen LogP contribution >= 0.6 is 0 Å². The molecule has 0 spiro atoms. The van der Waals surface area contributed by atoms with Crippen LogP contribution in [-0.2, 0) is 6.42 Å². The minimum Gasteiger partial charge on any atom is -0.345 e. The average Bonchev–Trinajstić information content (AvgIpc) is 3.19. The number of rotatable bonds is 4. The molecule has 0 aliphatic carbocycles. The summed E-state index contributed by atoms with van der Waals surface area (Å²) in [5.74, 6) is 1.01. The Labute approximate surface area is 134 Å². The second-order valence-corrected chi connectivity index (χ2v) is 5.63. The fourth-order valence-corrected chi connectivity index (χ4v) is 2.82. The molecule has 4 heteroatoms. The molecule has 2 N–H and O–H groups in total. The molecule has 0 amide bonds. The molecule has 0 atom stereocenters. The number of hydrogen-bond donors (Lipinski definition) is 2. The van der Waals surface area contributed by atoms with E-state index in [1.807, 2.05) is 6.07 Å². The van der Waals surface area contributed by atoms with Crippen molar-refractivity contribution in [2.24, 2.45) is 0 Å². The predicted octanol–water partition coefficient (Wildman–Crippen LogP) is 4.61. The van der Waals surface area contributed by atoms with Crippen LogP contribution in [0.15, 0.2) is 54.9 Å². The van der Waals surface area contributed by atoms with Crippen LogP contribution in [0.4, 0.5) is 0 Å². The first-order valence-electron chi connectivity index (χ1n) is 7.90. The van der Waals surface area contributed by atoms with E-state index in [1.54, 1.807) is 6.33 Å². The lowest BCUT2D eigenvalue weighted by Crippen LogP contribution is -1.82. The number of H-pyrrole nitrogens is 2. The summed E-state index contributed by atoms with van der Waals surface area (Å²) in [7, 11) is 0. The second kappa shape index (κ2) is 5.72. The highest BCUT2D eigenvalue weighted by atomic mass is 14.9. The lowest BCUT2D eigenvalue weighted by atomic mass is 10.0. The van der Waals surface area contributed by atoms with Crippen molar-refractivity contribution in [2.75, 3.05) is 0 Å². The Balaban J connectivity index is 1.71. The molecule has 0 bridgehead atoms. The van der Waals surface area contributed by atoms with Crippen molar-refractivity contribution in [2.45, 2.75) is 19.8 Å². The smallest absolute Gasteiger partial charge is 0.111 e. The van der Waals surface area contributed by atoms with Crippen LogP contribution < -0.4 is 0 Å². The van der Waals surface area contributed by atoms with Crippen LogP contribution in [-0.4, -0.2) is 19.9 Å². The summed E-state index contributed by atoms with van der Waals surface area (Å²) >= 11 is 0. The van der Waals surface area contributed by atoms with E-state index in [-0.39, 0.29) is 0 Å². The van der Waals surface area contributed by atoms with Crippen LogP contribution in [0.1, 0.15) is 19.2 Å². The van der Waals surface area contributed by atoms with Gasteiger partial charge >= 0.3 is 0 Å². The largest absolute Gasteiger partial charge is 0.345 e. The summed E-state index contributed by atoms with van der Waals surface area (Å²) in [5.41, 5.74) is 6.47. The van der Waals surface area contributed by atoms with Crippen molar-refractivity contribution in [1.82, 2.24) is 19.9 Å². The minimum atomic E-state index is 0.845. The number of hydrogen-bond acceptors (Lipinski definition) is 2. The third-order valence-electron chi connectivity index (χ3n) is 4.00. The first-order chi connectivity index (χ1) is 11.3. The van der Waals surface area contributed by atoms with E-state index in [1.165, 1.54) is 11.1 Å². The van der Waals surface area contributed by atoms with E-state index in [0.29, 0.717) is 0 Å². The van der Waals surface area contributed by atoms with Crippen LogP contribution in [0, 0.1) is 0 Å². The number of aromatic amines is 2. The standard InChI is InChI=1S/C19H18N4/c1-2-3-4-5-19-22-16-9-7-14(11-18(16)23-19)13-6-8-15-17(10-13)21-12-20-15/h3-4,6-12H,2,5H2,1H3,(H,20,21)(H,22,23). The number of nitrogens with one attached hydrogen (secondary N) is 2. The Kier molecular flexibility index (Phi) is 3.42. The molecular weight excluding hydrogens is 284 g/mol. The van der Waals surface area contributed by atoms with E-state index >= 15 is 0 Å². The summed E-state index contributed by atoms with van der Waals surface area (Å²) in [6.45, 7) is 2.14. The molecule has 0 saturated heterocycles. The Hall–Kier alpha value is -2.88. The number of imidazole rings is 2. The third-order valence-corrected chi connectivity index (χ3v) is 4.00. The Bertz CT molecular complexity index is 991. The number of nitrogens with zero attached hydrogens (tertiary/aromatic N) is 2. The summed E-state index contributed by atoms with van der Waals surface area (Å²) < 4.78 is 0. The fraction of sp³-hybridized carbons (Fsp3) is 0.158. The first kappa shape index (κ1) is 13.8. The van der Waals surface area contributed by atoms with Gasteiger partial charge in [-0.2, -0.15) is 0 Å². The van der Waals surface area contributed by atoms with Crippen LogP contribution in [0.5, 0.6) is 0 Å². The molecule has 23 heavy (non-hydrogen) atoms. The van der Waals surface area contributed by atoms with Crippen molar-refractivity contribution in [3.05, 3.63) is 60.7 Å². The van der Waals surface area contributed by atoms with Gasteiger partial charge in [0, 0.05) is 6.42 Å². The van der Waals surface area contributed by atoms with Gasteiger partial charge in [-0.1, -0.05) is 31.2 Å². The zero-order valence-electron chi connectivity index (χ0n) is 13.0. The summed E-state index contributed by atoms with van der Waals surface area (Å²) in [6, 6.07) is 12.6. The molecule has 0 fully saturated rings. The maximum atomic E-state index is 4.64. The van der Waals surface area contributed by atoms with Gasteiger partial charge in [0.1, 0.15) is 5.82 Å². The van der Waals surface area contributed by atoms with Crippen molar-refractivity contribution >= 4 is 22.1 Å². The molecule has 4 aromatic rings. The molecule has 4 rings (SSSR count). The van der Waals surface area contributed by atoms with Gasteiger partial charge in [-0.25, -0.2) is 9.97 Å². The van der Waals surface area contributed by atoms with Crippen molar-refractivity contribution in [3.63, 3.8) is 0 Å². The van der Waals surface area contributed by atoms with Crippen molar-refractivity contribution in [3.8, 4) is 11.1 Å². The molecule has 0 aliphatic heterocycles. The molecular formula is C19H18N4. The number of aromatic nitrogens is 4. The molecule has 2 aromatic heterocycles. The van der Waals surface area contributed by atoms with Gasteiger partial charge in [-0.05, 0) is 41.8 Å². The summed E-state index contributed by atoms with van der Waals surface area (Å²) in [4.78, 5) is 15.5. The van der Waals surface area contributed by atoms with Gasteiger partial charge in [0.25, 0.3) is 0 Å². The van der Waals surface area contributed by atoms with E-state index in [4.69, 9.17) is 0 Å². The van der Waals surface area contributed by atoms with Crippen LogP contribution in [0.25, 0.3) is 33.2 Å². The topological polar surface area (TPSA) is 57.4 Å². The highest BCUT2D eigenvalue weighted by Gasteiger charge is 2.05. The molecule has 0 aliphatic rings. The number of benzene rings is 2. The van der Waals surface area contributed by atoms with E-state index < -0.39 is 0 Å². The van der Waals surface area contributed by atoms with Gasteiger partial charge in [0.15, 0.2) is 0 Å². The van der Waals surface area contributed by atoms with Gasteiger partial charge < -0.3 is 9.97 Å². The first-order valence-corrected chi connectivity index (χ1v) is 7.90. The third kappa shape index (κ3) is 2.63. The maximum Gasteiger partial charge on any atom is 0.111 e. The van der Waals surface area contributed by atoms with Gasteiger partial charge in [0.05, 0.1) is 28.4 Å². The molecule has 0 saturated carbocycles. The van der Waals surface area contributed by atoms with Crippen molar-refractivity contribution < 1.29 is 0 Å². The zero-order valence-corrected chi connectivity index (χ0v) is 13.0. The van der Waals surface area contributed by atoms with Gasteiger partial charge in [-0.15, -0.1) is 0 Å². The minimum absolute atomic E-state index is 0.845. The van der Waals surface area contributed by atoms with E-state index in [0.717, 1.165) is 40.7 Å². The summed E-state index contributed by atoms with van der Waals surface area (Å²) in [5, 5.41) is 0. The molecule has 114 valence electrons. The lowest BCUT2D eigenvalue weighted by molar-refractivity contribution is 1.06. The monoisotopic (exact) mass is 302 g/mol. The molecule has 4 nitrogen and oxygen atoms in total. The van der Waals surface area contributed by atoms with Gasteiger partial charge in [-0.3, -0.25) is 0 Å². The quantitative estimate of drug-likeness (QED) is 0.541. The maximum absolute atomic E-state index is 4.64. The van der Waals surface area contributed by atoms with Gasteiger partial charge in [0.2, 0.25) is 0 Å². The molecule has 2 aromatic carbocycles. The lowest BCUT2D eigenvalue weighted by Gasteiger charge is -2.01. The number of allylic oxidation sites excluding steroid dienone is 2. The normalized spacial score (nSPS) is 11.9. The van der Waals surface area contributed by atoms with E-state index in [2.05, 4.69) is 69.3 Å². The number of fused-ring (bicyclic) bond motifs is 2. The zero-order chi connectivity index (χ0) is 15.6. The Morgan fingerprint density at radius 1 is 0.957 bits per heavy atom. The average molecular weight is 302 g/mol. The highest BCUT2D eigenvalue weighted by molar-refractivity contribution is 5.86. The Morgan fingerprint density at radius 2 is 1.74 bits per heavy atom. The van der Waals surface area contributed by atoms with Crippen LogP contribution in [0.3, 0.4) is 0 Å². The van der Waals surface area contributed by atoms with Crippen molar-refractivity contribution in [1.29, 1.82) is 0 Å². The summed E-state index contributed by atoms with van der Waals surface area (Å²) in [6.07, 6.45) is 7.95. The van der Waals surface area contributed by atoms with Crippen LogP contribution in [0.2, 0.25) is 0 Å². The predicted molar refractivity (Wildman–Crippen MR) is 94.3 cm³/mol. The highest BCUT2D eigenvalue weighted by Crippen LogP contribution is 2.25. The molecule has 0 radical (unpaired) electrons.